The van der Waals surface area contributed by atoms with E-state index in [1.165, 1.54) is 32.4 Å². The Balaban J connectivity index is 1.97. The van der Waals surface area contributed by atoms with Crippen LogP contribution in [0, 0.1) is 0 Å². The lowest BCUT2D eigenvalue weighted by Crippen LogP contribution is -1.94. The quantitative estimate of drug-likeness (QED) is 0.363. The molecule has 2 aromatic carbocycles. The first-order chi connectivity index (χ1) is 12.8. The molecule has 6 aromatic rings. The lowest BCUT2D eigenvalue weighted by Gasteiger charge is -2.07. The Morgan fingerprint density at radius 3 is 2.50 bits per heavy atom. The number of thiophene rings is 1. The van der Waals surface area contributed by atoms with Gasteiger partial charge in [0.05, 0.1) is 32.5 Å². The summed E-state index contributed by atoms with van der Waals surface area (Å²) in [7, 11) is 2.14. The lowest BCUT2D eigenvalue weighted by atomic mass is 10.1. The summed E-state index contributed by atoms with van der Waals surface area (Å²) in [5, 5.41) is 4.61. The number of para-hydroxylation sites is 3. The van der Waals surface area contributed by atoms with Gasteiger partial charge in [-0.15, -0.1) is 11.3 Å². The van der Waals surface area contributed by atoms with Gasteiger partial charge in [0.25, 0.3) is 0 Å². The van der Waals surface area contributed by atoms with Crippen molar-refractivity contribution in [1.29, 1.82) is 0 Å². The van der Waals surface area contributed by atoms with Crippen molar-refractivity contribution < 1.29 is 0 Å². The van der Waals surface area contributed by atoms with Crippen molar-refractivity contribution in [2.75, 3.05) is 0 Å². The molecule has 26 heavy (non-hydrogen) atoms. The molecule has 3 nitrogen and oxygen atoms in total. The maximum Gasteiger partial charge on any atom is 0.148 e. The summed E-state index contributed by atoms with van der Waals surface area (Å²) in [6, 6.07) is 23.6. The number of hydrogen-bond donors (Lipinski definition) is 0. The van der Waals surface area contributed by atoms with Crippen LogP contribution in [0.3, 0.4) is 0 Å². The molecule has 124 valence electrons. The minimum atomic E-state index is 1.03. The van der Waals surface area contributed by atoms with Crippen molar-refractivity contribution >= 4 is 49.8 Å². The first-order valence-electron chi connectivity index (χ1n) is 8.64. The zero-order chi connectivity index (χ0) is 17.3. The highest BCUT2D eigenvalue weighted by Crippen LogP contribution is 2.37. The Morgan fingerprint density at radius 2 is 1.65 bits per heavy atom. The van der Waals surface area contributed by atoms with Crippen molar-refractivity contribution in [2.45, 2.75) is 0 Å². The standard InChI is InChI=1S/C22H15N3S/c1-24-16-9-4-2-7-14(16)21-19(24)13-18(20-11-6-12-26-20)25-17-10-5-3-8-15(17)23-22(21)25/h2-13H,1H3. The molecule has 4 aromatic heterocycles. The average molecular weight is 353 g/mol. The molecule has 0 amide bonds. The van der Waals surface area contributed by atoms with Crippen LogP contribution in [0.15, 0.2) is 72.1 Å². The normalized spacial score (nSPS) is 12.0. The van der Waals surface area contributed by atoms with Crippen LogP contribution in [0.1, 0.15) is 0 Å². The third kappa shape index (κ3) is 1.69. The molecule has 0 aliphatic rings. The minimum absolute atomic E-state index is 1.03. The van der Waals surface area contributed by atoms with E-state index in [-0.39, 0.29) is 0 Å². The smallest absolute Gasteiger partial charge is 0.148 e. The van der Waals surface area contributed by atoms with Crippen molar-refractivity contribution in [3.63, 3.8) is 0 Å². The van der Waals surface area contributed by atoms with Gasteiger partial charge in [-0.05, 0) is 35.7 Å². The summed E-state index contributed by atoms with van der Waals surface area (Å²) in [6.07, 6.45) is 0. The van der Waals surface area contributed by atoms with Crippen LogP contribution >= 0.6 is 11.3 Å². The van der Waals surface area contributed by atoms with Crippen molar-refractivity contribution in [3.8, 4) is 10.6 Å². The summed E-state index contributed by atoms with van der Waals surface area (Å²) >= 11 is 1.77. The summed E-state index contributed by atoms with van der Waals surface area (Å²) in [5.74, 6) is 0. The van der Waals surface area contributed by atoms with Gasteiger partial charge >= 0.3 is 0 Å². The molecule has 0 aliphatic heterocycles. The number of nitrogens with zero attached hydrogens (tertiary/aromatic N) is 3. The Morgan fingerprint density at radius 1 is 0.846 bits per heavy atom. The zero-order valence-electron chi connectivity index (χ0n) is 14.2. The first-order valence-corrected chi connectivity index (χ1v) is 9.52. The molecule has 0 radical (unpaired) electrons. The van der Waals surface area contributed by atoms with E-state index >= 15 is 0 Å². The van der Waals surface area contributed by atoms with Crippen LogP contribution in [0.2, 0.25) is 0 Å². The van der Waals surface area contributed by atoms with E-state index in [0.29, 0.717) is 0 Å². The van der Waals surface area contributed by atoms with Gasteiger partial charge < -0.3 is 4.57 Å². The largest absolute Gasteiger partial charge is 0.343 e. The van der Waals surface area contributed by atoms with E-state index in [1.807, 2.05) is 0 Å². The van der Waals surface area contributed by atoms with E-state index in [1.54, 1.807) is 11.3 Å². The van der Waals surface area contributed by atoms with Crippen LogP contribution in [0.25, 0.3) is 49.1 Å². The summed E-state index contributed by atoms with van der Waals surface area (Å²) < 4.78 is 4.59. The fourth-order valence-corrected chi connectivity index (χ4v) is 4.79. The van der Waals surface area contributed by atoms with Crippen LogP contribution in [-0.4, -0.2) is 14.0 Å². The van der Waals surface area contributed by atoms with Crippen LogP contribution in [0.4, 0.5) is 0 Å². The molecule has 6 rings (SSSR count). The number of hydrogen-bond acceptors (Lipinski definition) is 2. The second kappa shape index (κ2) is 4.96. The first kappa shape index (κ1) is 14.1. The predicted octanol–water partition coefficient (Wildman–Crippen LogP) is 5.86. The van der Waals surface area contributed by atoms with Crippen molar-refractivity contribution in [1.82, 2.24) is 14.0 Å². The third-order valence-corrected chi connectivity index (χ3v) is 6.12. The summed E-state index contributed by atoms with van der Waals surface area (Å²) in [6.45, 7) is 0. The van der Waals surface area contributed by atoms with Crippen LogP contribution < -0.4 is 0 Å². The molecule has 0 atom stereocenters. The second-order valence-corrected chi connectivity index (χ2v) is 7.55. The van der Waals surface area contributed by atoms with Crippen LogP contribution in [0.5, 0.6) is 0 Å². The second-order valence-electron chi connectivity index (χ2n) is 6.60. The van der Waals surface area contributed by atoms with Crippen LogP contribution in [-0.2, 0) is 7.05 Å². The SMILES string of the molecule is Cn1c2ccccc2c2c1cc(-c1cccs1)n1c3ccccc3nc21. The van der Waals surface area contributed by atoms with Gasteiger partial charge in [0.1, 0.15) is 5.65 Å². The van der Waals surface area contributed by atoms with Gasteiger partial charge in [-0.3, -0.25) is 4.40 Å². The molecule has 0 spiro atoms. The monoisotopic (exact) mass is 353 g/mol. The van der Waals surface area contributed by atoms with Gasteiger partial charge in [0.15, 0.2) is 0 Å². The summed E-state index contributed by atoms with van der Waals surface area (Å²) in [5.41, 5.74) is 6.87. The number of pyridine rings is 1. The third-order valence-electron chi connectivity index (χ3n) is 5.22. The molecule has 0 unspecified atom stereocenters. The molecule has 0 bridgehead atoms. The topological polar surface area (TPSA) is 22.2 Å². The summed E-state index contributed by atoms with van der Waals surface area (Å²) in [4.78, 5) is 6.29. The maximum atomic E-state index is 5.03. The molecule has 0 N–H and O–H groups in total. The molecular weight excluding hydrogens is 338 g/mol. The average Bonchev–Trinajstić information content (AvgIpc) is 3.39. The minimum Gasteiger partial charge on any atom is -0.343 e. The van der Waals surface area contributed by atoms with E-state index in [4.69, 9.17) is 4.98 Å². The Bertz CT molecular complexity index is 1430. The van der Waals surface area contributed by atoms with Gasteiger partial charge in [0, 0.05) is 18.0 Å². The van der Waals surface area contributed by atoms with Gasteiger partial charge in [-0.2, -0.15) is 0 Å². The predicted molar refractivity (Wildman–Crippen MR) is 110 cm³/mol. The highest BCUT2D eigenvalue weighted by atomic mass is 32.1. The molecule has 4 heterocycles. The number of imidazole rings is 1. The fraction of sp³-hybridized carbons (Fsp3) is 0.0455. The lowest BCUT2D eigenvalue weighted by molar-refractivity contribution is 1.01. The molecule has 0 saturated heterocycles. The number of aromatic nitrogens is 3. The van der Waals surface area contributed by atoms with Gasteiger partial charge in [-0.1, -0.05) is 36.4 Å². The number of aryl methyl sites for hydroxylation is 1. The van der Waals surface area contributed by atoms with E-state index in [2.05, 4.69) is 88.1 Å². The Kier molecular flexibility index (Phi) is 2.69. The Hall–Kier alpha value is -3.11. The number of benzene rings is 2. The van der Waals surface area contributed by atoms with E-state index in [0.717, 1.165) is 16.7 Å². The molecule has 4 heteroatoms. The molecular formula is C22H15N3S. The molecule has 0 fully saturated rings. The zero-order valence-corrected chi connectivity index (χ0v) is 15.0. The molecule has 0 aliphatic carbocycles. The highest BCUT2D eigenvalue weighted by molar-refractivity contribution is 7.13. The van der Waals surface area contributed by atoms with E-state index in [9.17, 15) is 0 Å². The fourth-order valence-electron chi connectivity index (χ4n) is 4.05. The maximum absolute atomic E-state index is 5.03. The van der Waals surface area contributed by atoms with Crippen molar-refractivity contribution in [3.05, 3.63) is 72.1 Å². The Labute approximate surface area is 153 Å². The van der Waals surface area contributed by atoms with Gasteiger partial charge in [-0.25, -0.2) is 4.98 Å². The van der Waals surface area contributed by atoms with Crippen molar-refractivity contribution in [2.24, 2.45) is 7.05 Å². The van der Waals surface area contributed by atoms with E-state index < -0.39 is 0 Å². The van der Waals surface area contributed by atoms with Gasteiger partial charge in [0.2, 0.25) is 0 Å². The molecule has 0 saturated carbocycles. The number of fused-ring (bicyclic) bond motifs is 7. The number of rotatable bonds is 1. The highest BCUT2D eigenvalue weighted by Gasteiger charge is 2.18.